The number of benzene rings is 1. The fourth-order valence-electron chi connectivity index (χ4n) is 1.94. The number of methoxy groups -OCH3 is 1. The highest BCUT2D eigenvalue weighted by Gasteiger charge is 2.11. The van der Waals surface area contributed by atoms with Gasteiger partial charge in [-0.3, -0.25) is 4.90 Å². The molecule has 0 aromatic heterocycles. The van der Waals surface area contributed by atoms with E-state index < -0.39 is 0 Å². The molecule has 0 radical (unpaired) electrons. The molecule has 1 aromatic carbocycles. The van der Waals surface area contributed by atoms with Crippen LogP contribution in [0.1, 0.15) is 5.56 Å². The summed E-state index contributed by atoms with van der Waals surface area (Å²) >= 11 is 0. The summed E-state index contributed by atoms with van der Waals surface area (Å²) in [6, 6.07) is 5.16. The maximum absolute atomic E-state index is 13.4. The quantitative estimate of drug-likeness (QED) is 0.924. The molecule has 0 saturated carbocycles. The van der Waals surface area contributed by atoms with Crippen LogP contribution in [0.25, 0.3) is 0 Å². The maximum atomic E-state index is 13.4. The van der Waals surface area contributed by atoms with Gasteiger partial charge in [0.1, 0.15) is 0 Å². The summed E-state index contributed by atoms with van der Waals surface area (Å²) in [4.78, 5) is 2.32. The van der Waals surface area contributed by atoms with E-state index in [4.69, 9.17) is 4.74 Å². The molecule has 2 rings (SSSR count). The Morgan fingerprint density at radius 2 is 1.94 bits per heavy atom. The first-order chi connectivity index (χ1) is 7.79. The number of rotatable bonds is 3. The summed E-state index contributed by atoms with van der Waals surface area (Å²) in [5.41, 5.74) is 1.00. The Kier molecular flexibility index (Phi) is 8.27. The lowest BCUT2D eigenvalue weighted by Gasteiger charge is -2.27. The van der Waals surface area contributed by atoms with Crippen LogP contribution in [0.4, 0.5) is 4.39 Å². The highest BCUT2D eigenvalue weighted by Crippen LogP contribution is 2.18. The zero-order valence-electron chi connectivity index (χ0n) is 10.3. The zero-order valence-corrected chi connectivity index (χ0v) is 12.0. The van der Waals surface area contributed by atoms with Crippen molar-refractivity contribution in [1.82, 2.24) is 10.2 Å². The van der Waals surface area contributed by atoms with Crippen molar-refractivity contribution in [2.24, 2.45) is 0 Å². The molecule has 104 valence electrons. The second kappa shape index (κ2) is 8.53. The van der Waals surface area contributed by atoms with Gasteiger partial charge in [-0.2, -0.15) is 0 Å². The van der Waals surface area contributed by atoms with Gasteiger partial charge in [-0.05, 0) is 17.7 Å². The predicted molar refractivity (Wildman–Crippen MR) is 75.6 cm³/mol. The first kappa shape index (κ1) is 17.4. The van der Waals surface area contributed by atoms with Crippen molar-refractivity contribution < 1.29 is 9.13 Å². The van der Waals surface area contributed by atoms with E-state index in [1.54, 1.807) is 12.1 Å². The summed E-state index contributed by atoms with van der Waals surface area (Å²) in [5.74, 6) is 0.0270. The maximum Gasteiger partial charge on any atom is 0.165 e. The minimum absolute atomic E-state index is 0. The molecule has 18 heavy (non-hydrogen) atoms. The summed E-state index contributed by atoms with van der Waals surface area (Å²) in [6.45, 7) is 4.88. The van der Waals surface area contributed by atoms with Gasteiger partial charge in [0.05, 0.1) is 7.11 Å². The Morgan fingerprint density at radius 1 is 1.28 bits per heavy atom. The van der Waals surface area contributed by atoms with Gasteiger partial charge >= 0.3 is 0 Å². The average molecular weight is 297 g/mol. The molecule has 0 atom stereocenters. The number of piperazine rings is 1. The van der Waals surface area contributed by atoms with Gasteiger partial charge in [0, 0.05) is 32.7 Å². The largest absolute Gasteiger partial charge is 0.494 e. The van der Waals surface area contributed by atoms with Crippen LogP contribution in [0.5, 0.6) is 5.75 Å². The number of hydrogen-bond acceptors (Lipinski definition) is 3. The SMILES string of the molecule is COc1ccc(CN2CCNCC2)cc1F.Cl.Cl. The van der Waals surface area contributed by atoms with E-state index in [2.05, 4.69) is 10.2 Å². The topological polar surface area (TPSA) is 24.5 Å². The summed E-state index contributed by atoms with van der Waals surface area (Å²) < 4.78 is 18.3. The van der Waals surface area contributed by atoms with Gasteiger partial charge in [0.2, 0.25) is 0 Å². The third kappa shape index (κ3) is 4.61. The lowest BCUT2D eigenvalue weighted by Crippen LogP contribution is -2.42. The molecule has 1 aliphatic rings. The lowest BCUT2D eigenvalue weighted by atomic mass is 10.2. The van der Waals surface area contributed by atoms with Crippen LogP contribution in [-0.2, 0) is 6.54 Å². The van der Waals surface area contributed by atoms with Gasteiger partial charge in [0.15, 0.2) is 11.6 Å². The molecule has 1 aromatic rings. The van der Waals surface area contributed by atoms with Crippen LogP contribution in [0, 0.1) is 5.82 Å². The molecule has 1 fully saturated rings. The molecule has 6 heteroatoms. The molecule has 1 N–H and O–H groups in total. The van der Waals surface area contributed by atoms with Crippen molar-refractivity contribution in [3.05, 3.63) is 29.6 Å². The van der Waals surface area contributed by atoms with Crippen molar-refractivity contribution >= 4 is 24.8 Å². The van der Waals surface area contributed by atoms with E-state index >= 15 is 0 Å². The molecular formula is C12H19Cl2FN2O. The predicted octanol–water partition coefficient (Wildman–Crippen LogP) is 2.08. The van der Waals surface area contributed by atoms with Crippen molar-refractivity contribution in [2.75, 3.05) is 33.3 Å². The van der Waals surface area contributed by atoms with E-state index in [-0.39, 0.29) is 30.6 Å². The molecule has 1 saturated heterocycles. The first-order valence-electron chi connectivity index (χ1n) is 5.55. The molecule has 1 heterocycles. The van der Waals surface area contributed by atoms with Crippen molar-refractivity contribution in [3.63, 3.8) is 0 Å². The van der Waals surface area contributed by atoms with E-state index in [1.165, 1.54) is 7.11 Å². The normalized spacial score (nSPS) is 15.4. The van der Waals surface area contributed by atoms with Gasteiger partial charge < -0.3 is 10.1 Å². The first-order valence-corrected chi connectivity index (χ1v) is 5.55. The molecular weight excluding hydrogens is 278 g/mol. The van der Waals surface area contributed by atoms with E-state index in [0.717, 1.165) is 38.3 Å². The molecule has 0 amide bonds. The second-order valence-electron chi connectivity index (χ2n) is 4.00. The van der Waals surface area contributed by atoms with Crippen LogP contribution < -0.4 is 10.1 Å². The molecule has 0 aliphatic carbocycles. The molecule has 0 spiro atoms. The second-order valence-corrected chi connectivity index (χ2v) is 4.00. The molecule has 0 unspecified atom stereocenters. The number of ether oxygens (including phenoxy) is 1. The monoisotopic (exact) mass is 296 g/mol. The molecule has 0 bridgehead atoms. The summed E-state index contributed by atoms with van der Waals surface area (Å²) in [6.07, 6.45) is 0. The number of halogens is 3. The fourth-order valence-corrected chi connectivity index (χ4v) is 1.94. The summed E-state index contributed by atoms with van der Waals surface area (Å²) in [5, 5.41) is 3.29. The van der Waals surface area contributed by atoms with Crippen LogP contribution in [0.3, 0.4) is 0 Å². The average Bonchev–Trinajstić information content (AvgIpc) is 2.31. The zero-order chi connectivity index (χ0) is 11.4. The lowest BCUT2D eigenvalue weighted by molar-refractivity contribution is 0.233. The Labute approximate surface area is 120 Å². The Morgan fingerprint density at radius 3 is 2.50 bits per heavy atom. The van der Waals surface area contributed by atoms with Crippen molar-refractivity contribution in [2.45, 2.75) is 6.54 Å². The van der Waals surface area contributed by atoms with Crippen molar-refractivity contribution in [1.29, 1.82) is 0 Å². The van der Waals surface area contributed by atoms with Crippen LogP contribution >= 0.6 is 24.8 Å². The van der Waals surface area contributed by atoms with Gasteiger partial charge in [0.25, 0.3) is 0 Å². The standard InChI is InChI=1S/C12H17FN2O.2ClH/c1-16-12-3-2-10(8-11(12)13)9-15-6-4-14-5-7-15;;/h2-3,8,14H,4-7,9H2,1H3;2*1H. The number of nitrogens with one attached hydrogen (secondary N) is 1. The Balaban J connectivity index is 0.00000144. The fraction of sp³-hybridized carbons (Fsp3) is 0.500. The van der Waals surface area contributed by atoms with E-state index in [9.17, 15) is 4.39 Å². The Bertz CT molecular complexity index is 360. The molecule has 3 nitrogen and oxygen atoms in total. The third-order valence-corrected chi connectivity index (χ3v) is 2.83. The van der Waals surface area contributed by atoms with E-state index in [1.807, 2.05) is 6.07 Å². The highest BCUT2D eigenvalue weighted by atomic mass is 35.5. The third-order valence-electron chi connectivity index (χ3n) is 2.83. The van der Waals surface area contributed by atoms with Gasteiger partial charge in [-0.15, -0.1) is 24.8 Å². The van der Waals surface area contributed by atoms with Crippen LogP contribution in [-0.4, -0.2) is 38.2 Å². The van der Waals surface area contributed by atoms with Crippen LogP contribution in [0.2, 0.25) is 0 Å². The van der Waals surface area contributed by atoms with Gasteiger partial charge in [-0.1, -0.05) is 6.07 Å². The van der Waals surface area contributed by atoms with Gasteiger partial charge in [-0.25, -0.2) is 4.39 Å². The van der Waals surface area contributed by atoms with Crippen LogP contribution in [0.15, 0.2) is 18.2 Å². The smallest absolute Gasteiger partial charge is 0.165 e. The minimum atomic E-state index is -0.282. The van der Waals surface area contributed by atoms with E-state index in [0.29, 0.717) is 5.75 Å². The Hall–Kier alpha value is -0.550. The van der Waals surface area contributed by atoms with Crippen molar-refractivity contribution in [3.8, 4) is 5.75 Å². The summed E-state index contributed by atoms with van der Waals surface area (Å²) in [7, 11) is 1.48. The number of hydrogen-bond donors (Lipinski definition) is 1. The molecule has 1 aliphatic heterocycles. The number of nitrogens with zero attached hydrogens (tertiary/aromatic N) is 1. The highest BCUT2D eigenvalue weighted by molar-refractivity contribution is 5.85. The minimum Gasteiger partial charge on any atom is -0.494 e.